The molecule has 10 rings (SSSR count). The molecule has 2 heterocycles. The molecule has 0 fully saturated rings. The molecule has 0 unspecified atom stereocenters. The Hall–Kier alpha value is -6.91. The van der Waals surface area contributed by atoms with E-state index in [0.717, 1.165) is 65.9 Å². The molecule has 0 aliphatic rings. The molecule has 0 saturated carbocycles. The molecule has 10 aromatic rings. The summed E-state index contributed by atoms with van der Waals surface area (Å²) in [4.78, 5) is 15.4. The minimum atomic E-state index is 0.561. The normalized spacial score (nSPS) is 11.5. The van der Waals surface area contributed by atoms with Crippen molar-refractivity contribution in [3.63, 3.8) is 0 Å². The largest absolute Gasteiger partial charge is 0.455 e. The average Bonchev–Trinajstić information content (AvgIpc) is 3.60. The Morgan fingerprint density at radius 1 is 0.294 bits per heavy atom. The van der Waals surface area contributed by atoms with Crippen LogP contribution in [-0.2, 0) is 0 Å². The van der Waals surface area contributed by atoms with Crippen LogP contribution in [0, 0.1) is 0 Å². The molecule has 4 heteroatoms. The highest BCUT2D eigenvalue weighted by molar-refractivity contribution is 6.20. The highest BCUT2D eigenvalue weighted by Crippen LogP contribution is 2.42. The van der Waals surface area contributed by atoms with Crippen LogP contribution in [0.1, 0.15) is 0 Å². The molecule has 0 radical (unpaired) electrons. The molecule has 0 aliphatic heterocycles. The zero-order valence-electron chi connectivity index (χ0n) is 27.5. The van der Waals surface area contributed by atoms with Crippen LogP contribution in [0.4, 0.5) is 0 Å². The van der Waals surface area contributed by atoms with Crippen molar-refractivity contribution in [3.8, 4) is 56.4 Å². The Labute approximate surface area is 294 Å². The first-order valence-electron chi connectivity index (χ1n) is 17.1. The van der Waals surface area contributed by atoms with E-state index < -0.39 is 0 Å². The van der Waals surface area contributed by atoms with E-state index in [4.69, 9.17) is 19.4 Å². The summed E-state index contributed by atoms with van der Waals surface area (Å²) in [6, 6.07) is 61.0. The summed E-state index contributed by atoms with van der Waals surface area (Å²) in [5.41, 5.74) is 8.84. The lowest BCUT2D eigenvalue weighted by molar-refractivity contribution is 0.673. The summed E-state index contributed by atoms with van der Waals surface area (Å²) in [5.74, 6) is 1.77. The SMILES string of the molecule is c1ccc(-c2cccc(-c3nc(-c4ccc5ccccc5c4)nc(-c4cccc5c4oc4c6ccccc6c(-c6ccccc6)cc54)n3)c2)cc1. The maximum absolute atomic E-state index is 6.87. The van der Waals surface area contributed by atoms with Crippen molar-refractivity contribution in [2.75, 3.05) is 0 Å². The van der Waals surface area contributed by atoms with Gasteiger partial charge in [-0.1, -0.05) is 152 Å². The molecule has 0 atom stereocenters. The molecule has 4 nitrogen and oxygen atoms in total. The van der Waals surface area contributed by atoms with Crippen LogP contribution in [0.25, 0.3) is 99.9 Å². The maximum atomic E-state index is 6.87. The number of rotatable bonds is 5. The summed E-state index contributed by atoms with van der Waals surface area (Å²) in [7, 11) is 0. The number of fused-ring (bicyclic) bond motifs is 6. The van der Waals surface area contributed by atoms with Crippen LogP contribution < -0.4 is 0 Å². The van der Waals surface area contributed by atoms with Gasteiger partial charge in [-0.15, -0.1) is 0 Å². The van der Waals surface area contributed by atoms with E-state index in [1.54, 1.807) is 0 Å². The molecule has 2 aromatic heterocycles. The van der Waals surface area contributed by atoms with Gasteiger partial charge in [0.05, 0.1) is 5.56 Å². The van der Waals surface area contributed by atoms with Crippen molar-refractivity contribution in [2.24, 2.45) is 0 Å². The van der Waals surface area contributed by atoms with Crippen LogP contribution in [0.15, 0.2) is 180 Å². The number of benzene rings is 8. The molecule has 238 valence electrons. The zero-order chi connectivity index (χ0) is 33.7. The third-order valence-electron chi connectivity index (χ3n) is 9.70. The second-order valence-corrected chi connectivity index (χ2v) is 12.8. The Bertz CT molecular complexity index is 2910. The van der Waals surface area contributed by atoms with Gasteiger partial charge in [0.1, 0.15) is 11.2 Å². The summed E-state index contributed by atoms with van der Waals surface area (Å²) in [6.45, 7) is 0. The van der Waals surface area contributed by atoms with Gasteiger partial charge in [-0.2, -0.15) is 0 Å². The van der Waals surface area contributed by atoms with E-state index in [2.05, 4.69) is 170 Å². The maximum Gasteiger partial charge on any atom is 0.167 e. The van der Waals surface area contributed by atoms with Crippen molar-refractivity contribution < 1.29 is 4.42 Å². The Morgan fingerprint density at radius 3 is 1.67 bits per heavy atom. The molecule has 0 N–H and O–H groups in total. The number of furan rings is 1. The zero-order valence-corrected chi connectivity index (χ0v) is 27.5. The van der Waals surface area contributed by atoms with Crippen molar-refractivity contribution in [2.45, 2.75) is 0 Å². The first-order valence-corrected chi connectivity index (χ1v) is 17.1. The first-order chi connectivity index (χ1) is 25.3. The monoisotopic (exact) mass is 651 g/mol. The first kappa shape index (κ1) is 29.0. The third-order valence-corrected chi connectivity index (χ3v) is 9.70. The van der Waals surface area contributed by atoms with Gasteiger partial charge < -0.3 is 4.42 Å². The summed E-state index contributed by atoms with van der Waals surface area (Å²) >= 11 is 0. The van der Waals surface area contributed by atoms with Crippen molar-refractivity contribution in [1.82, 2.24) is 15.0 Å². The van der Waals surface area contributed by atoms with Gasteiger partial charge in [0.2, 0.25) is 0 Å². The van der Waals surface area contributed by atoms with E-state index in [1.807, 2.05) is 6.07 Å². The molecule has 0 amide bonds. The molecule has 0 saturated heterocycles. The fourth-order valence-electron chi connectivity index (χ4n) is 7.20. The minimum absolute atomic E-state index is 0.561. The standard InChI is InChI=1S/C47H29N3O/c1-3-13-30(14-4-1)34-19-11-20-35(27-34)45-48-46(36-26-25-31-15-7-8-18-33(31)28-36)50-47(49-45)40-24-12-23-39-42-29-41(32-16-5-2-6-17-32)37-21-9-10-22-38(37)44(42)51-43(39)40/h1-29H. The van der Waals surface area contributed by atoms with Gasteiger partial charge in [0.25, 0.3) is 0 Å². The van der Waals surface area contributed by atoms with Gasteiger partial charge in [0.15, 0.2) is 17.5 Å². The van der Waals surface area contributed by atoms with Crippen LogP contribution in [0.3, 0.4) is 0 Å². The lowest BCUT2D eigenvalue weighted by atomic mass is 9.95. The van der Waals surface area contributed by atoms with Crippen LogP contribution >= 0.6 is 0 Å². The fourth-order valence-corrected chi connectivity index (χ4v) is 7.20. The van der Waals surface area contributed by atoms with Crippen LogP contribution in [0.5, 0.6) is 0 Å². The number of nitrogens with zero attached hydrogens (tertiary/aromatic N) is 3. The molecule has 51 heavy (non-hydrogen) atoms. The smallest absolute Gasteiger partial charge is 0.167 e. The molecule has 0 spiro atoms. The number of para-hydroxylation sites is 1. The molecular formula is C47H29N3O. The van der Waals surface area contributed by atoms with E-state index in [0.29, 0.717) is 17.5 Å². The van der Waals surface area contributed by atoms with E-state index in [1.165, 1.54) is 16.5 Å². The molecule has 8 aromatic carbocycles. The lowest BCUT2D eigenvalue weighted by Crippen LogP contribution is -2.00. The highest BCUT2D eigenvalue weighted by atomic mass is 16.3. The average molecular weight is 652 g/mol. The molecular weight excluding hydrogens is 623 g/mol. The number of hydrogen-bond acceptors (Lipinski definition) is 4. The molecule has 0 aliphatic carbocycles. The second-order valence-electron chi connectivity index (χ2n) is 12.8. The van der Waals surface area contributed by atoms with Gasteiger partial charge in [-0.05, 0) is 62.7 Å². The van der Waals surface area contributed by atoms with E-state index in [9.17, 15) is 0 Å². The topological polar surface area (TPSA) is 51.8 Å². The Kier molecular flexibility index (Phi) is 6.78. The lowest BCUT2D eigenvalue weighted by Gasteiger charge is -2.10. The van der Waals surface area contributed by atoms with Crippen LogP contribution in [0.2, 0.25) is 0 Å². The Morgan fingerprint density at radius 2 is 0.863 bits per heavy atom. The van der Waals surface area contributed by atoms with E-state index in [-0.39, 0.29) is 0 Å². The number of aromatic nitrogens is 3. The van der Waals surface area contributed by atoms with E-state index >= 15 is 0 Å². The summed E-state index contributed by atoms with van der Waals surface area (Å²) < 4.78 is 6.87. The quantitative estimate of drug-likeness (QED) is 0.186. The highest BCUT2D eigenvalue weighted by Gasteiger charge is 2.20. The third kappa shape index (κ3) is 5.04. The summed E-state index contributed by atoms with van der Waals surface area (Å²) in [5, 5.41) is 6.60. The fraction of sp³-hybridized carbons (Fsp3) is 0. The van der Waals surface area contributed by atoms with Gasteiger partial charge in [-0.25, -0.2) is 15.0 Å². The minimum Gasteiger partial charge on any atom is -0.455 e. The Balaban J connectivity index is 1.21. The predicted molar refractivity (Wildman–Crippen MR) is 209 cm³/mol. The van der Waals surface area contributed by atoms with Gasteiger partial charge in [0, 0.05) is 27.3 Å². The van der Waals surface area contributed by atoms with Gasteiger partial charge >= 0.3 is 0 Å². The van der Waals surface area contributed by atoms with Crippen LogP contribution in [-0.4, -0.2) is 15.0 Å². The van der Waals surface area contributed by atoms with Crippen molar-refractivity contribution in [3.05, 3.63) is 176 Å². The van der Waals surface area contributed by atoms with Crippen molar-refractivity contribution in [1.29, 1.82) is 0 Å². The number of hydrogen-bond donors (Lipinski definition) is 0. The van der Waals surface area contributed by atoms with Crippen molar-refractivity contribution >= 4 is 43.5 Å². The summed E-state index contributed by atoms with van der Waals surface area (Å²) in [6.07, 6.45) is 0. The van der Waals surface area contributed by atoms with Gasteiger partial charge in [-0.3, -0.25) is 0 Å². The predicted octanol–water partition coefficient (Wildman–Crippen LogP) is 12.4. The second kappa shape index (κ2) is 11.9. The molecule has 0 bridgehead atoms.